The molecule has 0 aromatic heterocycles. The highest BCUT2D eigenvalue weighted by atomic mass is 32.2. The largest absolute Gasteiger partial charge is 0.287 e. The summed E-state index contributed by atoms with van der Waals surface area (Å²) < 4.78 is 26.6. The monoisotopic (exact) mass is 150 g/mol. The highest BCUT2D eigenvalue weighted by molar-refractivity contribution is 7.88. The summed E-state index contributed by atoms with van der Waals surface area (Å²) in [4.78, 5) is 0. The minimum atomic E-state index is -3.90. The lowest BCUT2D eigenvalue weighted by Gasteiger charge is -1.73. The fourth-order valence-electron chi connectivity index (χ4n) is 0. The van der Waals surface area contributed by atoms with Crippen LogP contribution in [0.2, 0.25) is 0 Å². The molecule has 0 aromatic carbocycles. The maximum atomic E-state index is 9.44. The molecular weight excluding hydrogens is 140 g/mol. The van der Waals surface area contributed by atoms with Crippen LogP contribution in [0.1, 0.15) is 19.3 Å². The molecule has 1 saturated carbocycles. The molecule has 1 N–H and O–H groups in total. The van der Waals surface area contributed by atoms with Gasteiger partial charge in [-0.2, -0.15) is 8.42 Å². The van der Waals surface area contributed by atoms with Crippen LogP contribution in [0.5, 0.6) is 0 Å². The molecule has 0 aromatic rings. The van der Waals surface area contributed by atoms with E-state index in [-0.39, 0.29) is 0 Å². The average molecular weight is 150 g/mol. The third-order valence-corrected chi connectivity index (χ3v) is 0.985. The molecule has 9 heavy (non-hydrogen) atoms. The summed E-state index contributed by atoms with van der Waals surface area (Å²) in [5.41, 5.74) is 0. The van der Waals surface area contributed by atoms with E-state index < -0.39 is 10.1 Å². The smallest absolute Gasteiger partial charge is 0.282 e. The molecule has 1 fully saturated rings. The molecule has 1 aliphatic rings. The molecule has 0 heterocycles. The Balaban J connectivity index is 0.000000173. The van der Waals surface area contributed by atoms with Crippen molar-refractivity contribution in [1.82, 2.24) is 0 Å². The van der Waals surface area contributed by atoms with Crippen LogP contribution in [-0.4, -0.2) is 13.0 Å². The minimum Gasteiger partial charge on any atom is -0.282 e. The van der Waals surface area contributed by atoms with Crippen molar-refractivity contribution in [3.05, 3.63) is 12.0 Å². The number of hydrogen-bond donors (Lipinski definition) is 1. The maximum Gasteiger partial charge on any atom is 0.287 e. The van der Waals surface area contributed by atoms with Crippen molar-refractivity contribution >= 4 is 10.1 Å². The zero-order valence-electron chi connectivity index (χ0n) is 5.08. The summed E-state index contributed by atoms with van der Waals surface area (Å²) in [5.74, 6) is 0. The van der Waals surface area contributed by atoms with Gasteiger partial charge in [0.05, 0.1) is 5.41 Å². The van der Waals surface area contributed by atoms with Gasteiger partial charge in [0.1, 0.15) is 0 Å². The summed E-state index contributed by atoms with van der Waals surface area (Å²) in [6.45, 7) is 2.79. The molecule has 4 heteroatoms. The van der Waals surface area contributed by atoms with Crippen LogP contribution in [-0.2, 0) is 10.1 Å². The summed E-state index contributed by atoms with van der Waals surface area (Å²) in [6, 6.07) is 0. The van der Waals surface area contributed by atoms with E-state index in [2.05, 4.69) is 6.58 Å². The number of rotatable bonds is 1. The van der Waals surface area contributed by atoms with Crippen molar-refractivity contribution in [1.29, 1.82) is 0 Å². The quantitative estimate of drug-likeness (QED) is 0.571. The third-order valence-electron chi connectivity index (χ3n) is 0.564. The van der Waals surface area contributed by atoms with E-state index in [1.165, 1.54) is 19.3 Å². The molecule has 1 aliphatic carbocycles. The zero-order chi connectivity index (χ0) is 7.33. The van der Waals surface area contributed by atoms with Crippen molar-refractivity contribution < 1.29 is 13.0 Å². The van der Waals surface area contributed by atoms with Crippen molar-refractivity contribution in [2.45, 2.75) is 19.3 Å². The fourth-order valence-corrected chi connectivity index (χ4v) is 0. The van der Waals surface area contributed by atoms with Gasteiger partial charge >= 0.3 is 0 Å². The predicted molar refractivity (Wildman–Crippen MR) is 35.6 cm³/mol. The van der Waals surface area contributed by atoms with Gasteiger partial charge < -0.3 is 0 Å². The Morgan fingerprint density at radius 3 is 1.56 bits per heavy atom. The molecule has 0 aliphatic heterocycles. The molecule has 0 atom stereocenters. The van der Waals surface area contributed by atoms with Gasteiger partial charge in [-0.05, 0) is 0 Å². The van der Waals surface area contributed by atoms with Gasteiger partial charge in [-0.3, -0.25) is 4.55 Å². The first-order chi connectivity index (χ1) is 4.06. The second-order valence-corrected chi connectivity index (χ2v) is 3.11. The Bertz CT molecular complexity index is 152. The maximum absolute atomic E-state index is 9.44. The van der Waals surface area contributed by atoms with Crippen molar-refractivity contribution in [2.24, 2.45) is 0 Å². The van der Waals surface area contributed by atoms with E-state index in [9.17, 15) is 8.42 Å². The Kier molecular flexibility index (Phi) is 3.49. The molecule has 0 amide bonds. The van der Waals surface area contributed by atoms with Gasteiger partial charge in [-0.1, -0.05) is 25.8 Å². The third kappa shape index (κ3) is 18.3. The highest BCUT2D eigenvalue weighted by Crippen LogP contribution is 2.14. The predicted octanol–water partition coefficient (Wildman–Crippen LogP) is 1.19. The number of hydrogen-bond acceptors (Lipinski definition) is 2. The van der Waals surface area contributed by atoms with Gasteiger partial charge in [0.15, 0.2) is 0 Å². The first-order valence-electron chi connectivity index (χ1n) is 2.66. The van der Waals surface area contributed by atoms with E-state index >= 15 is 0 Å². The van der Waals surface area contributed by atoms with Gasteiger partial charge in [0, 0.05) is 0 Å². The summed E-state index contributed by atoms with van der Waals surface area (Å²) >= 11 is 0. The lowest BCUT2D eigenvalue weighted by Crippen LogP contribution is -1.86. The van der Waals surface area contributed by atoms with E-state index in [1.807, 2.05) is 0 Å². The second-order valence-electron chi connectivity index (χ2n) is 1.74. The molecule has 54 valence electrons. The topological polar surface area (TPSA) is 54.4 Å². The molecule has 3 nitrogen and oxygen atoms in total. The van der Waals surface area contributed by atoms with E-state index in [1.54, 1.807) is 0 Å². The summed E-state index contributed by atoms with van der Waals surface area (Å²) in [7, 11) is -3.90. The van der Waals surface area contributed by atoms with Crippen LogP contribution in [0.25, 0.3) is 0 Å². The molecular formula is C5H10O3S. The highest BCUT2D eigenvalue weighted by Gasteiger charge is 1.95. The van der Waals surface area contributed by atoms with E-state index in [0.717, 1.165) is 0 Å². The zero-order valence-corrected chi connectivity index (χ0v) is 5.89. The molecule has 0 unspecified atom stereocenters. The van der Waals surface area contributed by atoms with Gasteiger partial charge in [-0.25, -0.2) is 0 Å². The van der Waals surface area contributed by atoms with Gasteiger partial charge in [0.2, 0.25) is 0 Å². The lowest BCUT2D eigenvalue weighted by atomic mass is 11.0. The second kappa shape index (κ2) is 3.63. The first-order valence-corrected chi connectivity index (χ1v) is 4.16. The van der Waals surface area contributed by atoms with Crippen molar-refractivity contribution in [3.8, 4) is 0 Å². The Hall–Kier alpha value is -0.350. The SMILES string of the molecule is C1CC1.C=CS(=O)(=O)O. The molecule has 0 saturated heterocycles. The van der Waals surface area contributed by atoms with Crippen LogP contribution >= 0.6 is 0 Å². The van der Waals surface area contributed by atoms with Gasteiger partial charge in [0.25, 0.3) is 10.1 Å². The van der Waals surface area contributed by atoms with Crippen LogP contribution in [0.15, 0.2) is 12.0 Å². The summed E-state index contributed by atoms with van der Waals surface area (Å²) in [5, 5.41) is 0.465. The standard InChI is InChI=1S/C3H6.C2H4O3S/c1-2-3-1;1-2-6(3,4)5/h1-3H2;2H,1H2,(H,3,4,5). The van der Waals surface area contributed by atoms with Crippen LogP contribution < -0.4 is 0 Å². The Morgan fingerprint density at radius 2 is 1.56 bits per heavy atom. The van der Waals surface area contributed by atoms with Crippen molar-refractivity contribution in [3.63, 3.8) is 0 Å². The van der Waals surface area contributed by atoms with Crippen LogP contribution in [0.3, 0.4) is 0 Å². The normalized spacial score (nSPS) is 15.2. The Labute approximate surface area is 55.1 Å². The first kappa shape index (κ1) is 8.65. The van der Waals surface area contributed by atoms with Gasteiger partial charge in [-0.15, -0.1) is 0 Å². The molecule has 0 spiro atoms. The van der Waals surface area contributed by atoms with E-state index in [4.69, 9.17) is 4.55 Å². The fraction of sp³-hybridized carbons (Fsp3) is 0.600. The molecule has 0 radical (unpaired) electrons. The van der Waals surface area contributed by atoms with Crippen molar-refractivity contribution in [2.75, 3.05) is 0 Å². The molecule has 1 rings (SSSR count). The van der Waals surface area contributed by atoms with Crippen LogP contribution in [0, 0.1) is 0 Å². The van der Waals surface area contributed by atoms with E-state index in [0.29, 0.717) is 5.41 Å². The average Bonchev–Trinajstić information content (AvgIpc) is 2.45. The summed E-state index contributed by atoms with van der Waals surface area (Å²) in [6.07, 6.45) is 4.50. The molecule has 0 bridgehead atoms. The minimum absolute atomic E-state index is 0.465. The lowest BCUT2D eigenvalue weighted by molar-refractivity contribution is 0.494. The Morgan fingerprint density at radius 1 is 1.33 bits per heavy atom. The van der Waals surface area contributed by atoms with Crippen LogP contribution in [0.4, 0.5) is 0 Å².